The Hall–Kier alpha value is -2.90. The molecule has 1 aliphatic carbocycles. The molecule has 0 radical (unpaired) electrons. The van der Waals surface area contributed by atoms with Crippen molar-refractivity contribution in [2.75, 3.05) is 27.4 Å². The molecule has 1 saturated carbocycles. The average molecular weight is 500 g/mol. The van der Waals surface area contributed by atoms with Crippen molar-refractivity contribution in [2.45, 2.75) is 43.8 Å². The molecular weight excluding hydrogens is 470 g/mol. The van der Waals surface area contributed by atoms with Crippen molar-refractivity contribution in [3.63, 3.8) is 0 Å². The van der Waals surface area contributed by atoms with Gasteiger partial charge >= 0.3 is 0 Å². The number of nitriles is 1. The van der Waals surface area contributed by atoms with Gasteiger partial charge < -0.3 is 14.8 Å². The van der Waals surface area contributed by atoms with E-state index in [9.17, 15) is 14.9 Å². The lowest BCUT2D eigenvalue weighted by molar-refractivity contribution is -0.126. The van der Waals surface area contributed by atoms with Crippen LogP contribution in [0.5, 0.6) is 5.75 Å². The molecule has 4 unspecified atom stereocenters. The number of carbonyl (C=O) groups excluding carboxylic acids is 1. The molecule has 2 aromatic rings. The van der Waals surface area contributed by atoms with Crippen molar-refractivity contribution in [1.82, 2.24) is 20.7 Å². The minimum atomic E-state index is -0.766. The lowest BCUT2D eigenvalue weighted by atomic mass is 9.83. The van der Waals surface area contributed by atoms with E-state index in [1.807, 2.05) is 0 Å². The van der Waals surface area contributed by atoms with E-state index in [4.69, 9.17) is 21.1 Å². The standard InChI is InChI=1S/C25H30ClN5O4/c1-34-8-7-22(25(33)29-18-5-6-21-16(9-18)13-28-30-21)31-14-23(35-2)20(11-24(31)32)19-10-17(26)4-3-15(19)12-27/h3-4,10-11,14,16,18,21-22,28,30H,5-9,13H2,1-2H3,(H,29,33). The molecule has 0 spiro atoms. The maximum absolute atomic E-state index is 13.4. The Bertz CT molecular complexity index is 1180. The Labute approximate surface area is 209 Å². The van der Waals surface area contributed by atoms with Crippen LogP contribution >= 0.6 is 11.6 Å². The van der Waals surface area contributed by atoms with E-state index in [0.29, 0.717) is 52.4 Å². The predicted octanol–water partition coefficient (Wildman–Crippen LogP) is 2.39. The number of carbonyl (C=O) groups is 1. The van der Waals surface area contributed by atoms with Crippen molar-refractivity contribution in [3.8, 4) is 22.9 Å². The molecule has 9 nitrogen and oxygen atoms in total. The van der Waals surface area contributed by atoms with Gasteiger partial charge in [-0.15, -0.1) is 0 Å². The van der Waals surface area contributed by atoms with Gasteiger partial charge in [0.1, 0.15) is 11.8 Å². The fourth-order valence-electron chi connectivity index (χ4n) is 5.04. The van der Waals surface area contributed by atoms with Gasteiger partial charge in [0, 0.05) is 61.0 Å². The Kier molecular flexibility index (Phi) is 8.08. The smallest absolute Gasteiger partial charge is 0.252 e. The average Bonchev–Trinajstić information content (AvgIpc) is 3.32. The summed E-state index contributed by atoms with van der Waals surface area (Å²) in [4.78, 5) is 26.7. The van der Waals surface area contributed by atoms with E-state index < -0.39 is 6.04 Å². The number of hydrogen-bond acceptors (Lipinski definition) is 7. The molecular formula is C25H30ClN5O4. The van der Waals surface area contributed by atoms with Crippen LogP contribution in [0.4, 0.5) is 0 Å². The first kappa shape index (κ1) is 25.2. The first-order chi connectivity index (χ1) is 16.9. The number of aromatic nitrogens is 1. The maximum atomic E-state index is 13.4. The minimum absolute atomic E-state index is 0.0528. The summed E-state index contributed by atoms with van der Waals surface area (Å²) in [6.07, 6.45) is 4.60. The Morgan fingerprint density at radius 2 is 2.14 bits per heavy atom. The summed E-state index contributed by atoms with van der Waals surface area (Å²) in [5.74, 6) is 0.615. The molecule has 1 aliphatic heterocycles. The van der Waals surface area contributed by atoms with E-state index in [0.717, 1.165) is 25.8 Å². The maximum Gasteiger partial charge on any atom is 0.252 e. The molecule has 1 aromatic heterocycles. The van der Waals surface area contributed by atoms with Crippen LogP contribution in [0.2, 0.25) is 5.02 Å². The van der Waals surface area contributed by atoms with E-state index in [-0.39, 0.29) is 17.5 Å². The number of pyridine rings is 1. The third-order valence-corrected chi connectivity index (χ3v) is 7.11. The Morgan fingerprint density at radius 3 is 2.89 bits per heavy atom. The van der Waals surface area contributed by atoms with Crippen LogP contribution in [0.15, 0.2) is 35.3 Å². The molecule has 1 aromatic carbocycles. The first-order valence-corrected chi connectivity index (χ1v) is 12.1. The minimum Gasteiger partial charge on any atom is -0.495 e. The molecule has 2 aliphatic rings. The quantitative estimate of drug-likeness (QED) is 0.510. The zero-order chi connectivity index (χ0) is 24.9. The number of methoxy groups -OCH3 is 2. The van der Waals surface area contributed by atoms with Crippen molar-refractivity contribution in [3.05, 3.63) is 51.4 Å². The zero-order valence-electron chi connectivity index (χ0n) is 19.8. The van der Waals surface area contributed by atoms with Crippen LogP contribution < -0.4 is 26.5 Å². The molecule has 4 atom stereocenters. The summed E-state index contributed by atoms with van der Waals surface area (Å²) in [5, 5.41) is 13.1. The first-order valence-electron chi connectivity index (χ1n) is 11.7. The van der Waals surface area contributed by atoms with Crippen molar-refractivity contribution >= 4 is 17.5 Å². The highest BCUT2D eigenvalue weighted by Gasteiger charge is 2.35. The molecule has 3 N–H and O–H groups in total. The van der Waals surface area contributed by atoms with Gasteiger partial charge in [-0.2, -0.15) is 5.26 Å². The van der Waals surface area contributed by atoms with E-state index >= 15 is 0 Å². The van der Waals surface area contributed by atoms with Crippen LogP contribution in [0.1, 0.15) is 37.3 Å². The highest BCUT2D eigenvalue weighted by Crippen LogP contribution is 2.34. The van der Waals surface area contributed by atoms with Crippen LogP contribution in [0, 0.1) is 17.2 Å². The number of hydrogen-bond donors (Lipinski definition) is 3. The van der Waals surface area contributed by atoms with E-state index in [1.165, 1.54) is 23.9 Å². The fraction of sp³-hybridized carbons (Fsp3) is 0.480. The summed E-state index contributed by atoms with van der Waals surface area (Å²) in [6, 6.07) is 8.08. The normalized spacial score (nSPS) is 22.2. The highest BCUT2D eigenvalue weighted by atomic mass is 35.5. The summed E-state index contributed by atoms with van der Waals surface area (Å²) in [7, 11) is 3.04. The molecule has 1 amide bonds. The second-order valence-corrected chi connectivity index (χ2v) is 9.45. The largest absolute Gasteiger partial charge is 0.495 e. The Morgan fingerprint density at radius 1 is 1.31 bits per heavy atom. The third kappa shape index (κ3) is 5.52. The lowest BCUT2D eigenvalue weighted by Gasteiger charge is -2.32. The van der Waals surface area contributed by atoms with Gasteiger partial charge in [-0.1, -0.05) is 11.6 Å². The SMILES string of the molecule is COCCC(C(=O)NC1CCC2NNCC2C1)n1cc(OC)c(-c2cc(Cl)ccc2C#N)cc1=O. The van der Waals surface area contributed by atoms with Gasteiger partial charge in [0.05, 0.1) is 24.9 Å². The summed E-state index contributed by atoms with van der Waals surface area (Å²) < 4.78 is 12.2. The van der Waals surface area contributed by atoms with Crippen LogP contribution in [-0.4, -0.2) is 49.9 Å². The number of rotatable bonds is 8. The molecule has 0 bridgehead atoms. The topological polar surface area (TPSA) is 117 Å². The molecule has 4 rings (SSSR count). The van der Waals surface area contributed by atoms with Crippen molar-refractivity contribution in [2.24, 2.45) is 5.92 Å². The third-order valence-electron chi connectivity index (χ3n) is 6.87. The Balaban J connectivity index is 1.64. The molecule has 2 fully saturated rings. The number of hydrazine groups is 1. The van der Waals surface area contributed by atoms with Crippen LogP contribution in [-0.2, 0) is 9.53 Å². The fourth-order valence-corrected chi connectivity index (χ4v) is 5.21. The van der Waals surface area contributed by atoms with Gasteiger partial charge in [0.25, 0.3) is 5.56 Å². The van der Waals surface area contributed by atoms with E-state index in [1.54, 1.807) is 25.3 Å². The predicted molar refractivity (Wildman–Crippen MR) is 132 cm³/mol. The number of nitrogens with one attached hydrogen (secondary N) is 3. The number of fused-ring (bicyclic) bond motifs is 1. The second kappa shape index (κ2) is 11.2. The highest BCUT2D eigenvalue weighted by molar-refractivity contribution is 6.31. The zero-order valence-corrected chi connectivity index (χ0v) is 20.6. The lowest BCUT2D eigenvalue weighted by Crippen LogP contribution is -2.47. The van der Waals surface area contributed by atoms with Gasteiger partial charge in [-0.25, -0.2) is 0 Å². The van der Waals surface area contributed by atoms with E-state index in [2.05, 4.69) is 22.2 Å². The molecule has 35 heavy (non-hydrogen) atoms. The van der Waals surface area contributed by atoms with Gasteiger partial charge in [0.2, 0.25) is 5.91 Å². The van der Waals surface area contributed by atoms with Crippen LogP contribution in [0.25, 0.3) is 11.1 Å². The molecule has 2 heterocycles. The number of nitrogens with zero attached hydrogens (tertiary/aromatic N) is 2. The van der Waals surface area contributed by atoms with Crippen molar-refractivity contribution in [1.29, 1.82) is 5.26 Å². The van der Waals surface area contributed by atoms with Gasteiger partial charge in [-0.3, -0.25) is 25.0 Å². The van der Waals surface area contributed by atoms with Gasteiger partial charge in [0.15, 0.2) is 0 Å². The molecule has 186 valence electrons. The second-order valence-electron chi connectivity index (χ2n) is 9.01. The number of halogens is 1. The monoisotopic (exact) mass is 499 g/mol. The number of amides is 1. The van der Waals surface area contributed by atoms with Crippen LogP contribution in [0.3, 0.4) is 0 Å². The summed E-state index contributed by atoms with van der Waals surface area (Å²) in [6.45, 7) is 1.20. The van der Waals surface area contributed by atoms with Gasteiger partial charge in [-0.05, 0) is 43.4 Å². The number of benzene rings is 1. The van der Waals surface area contributed by atoms with Crippen molar-refractivity contribution < 1.29 is 14.3 Å². The summed E-state index contributed by atoms with van der Waals surface area (Å²) >= 11 is 6.16. The number of ether oxygens (including phenoxy) is 2. The molecule has 10 heteroatoms. The molecule has 1 saturated heterocycles. The summed E-state index contributed by atoms with van der Waals surface area (Å²) in [5.41, 5.74) is 7.41.